The van der Waals surface area contributed by atoms with Gasteiger partial charge in [0.1, 0.15) is 17.0 Å². The first-order chi connectivity index (χ1) is 15.3. The Morgan fingerprint density at radius 2 is 1.94 bits per heavy atom. The number of H-pyrrole nitrogens is 1. The number of hydrogen-bond donors (Lipinski definition) is 3. The smallest absolute Gasteiger partial charge is 0.338 e. The van der Waals surface area contributed by atoms with Gasteiger partial charge in [0.05, 0.1) is 11.6 Å². The average molecular weight is 444 g/mol. The van der Waals surface area contributed by atoms with Gasteiger partial charge in [0.25, 0.3) is 5.56 Å². The van der Waals surface area contributed by atoms with Gasteiger partial charge in [-0.3, -0.25) is 4.79 Å². The summed E-state index contributed by atoms with van der Waals surface area (Å²) in [5.41, 5.74) is -0.0588. The minimum atomic E-state index is -4.42. The molecule has 0 bridgehead atoms. The zero-order chi connectivity index (χ0) is 22.9. The monoisotopic (exact) mass is 444 g/mol. The van der Waals surface area contributed by atoms with Gasteiger partial charge >= 0.3 is 6.18 Å². The number of pyridine rings is 1. The molecule has 4 rings (SSSR count). The Labute approximate surface area is 182 Å². The Hall–Kier alpha value is -3.32. The fourth-order valence-corrected chi connectivity index (χ4v) is 4.34. The van der Waals surface area contributed by atoms with E-state index in [0.717, 1.165) is 12.8 Å². The Morgan fingerprint density at radius 1 is 1.25 bits per heavy atom. The summed E-state index contributed by atoms with van der Waals surface area (Å²) in [4.78, 5) is 15.2. The van der Waals surface area contributed by atoms with Crippen molar-refractivity contribution in [3.63, 3.8) is 0 Å². The molecule has 1 saturated carbocycles. The lowest BCUT2D eigenvalue weighted by atomic mass is 10.00. The van der Waals surface area contributed by atoms with Crippen LogP contribution in [0.25, 0.3) is 10.9 Å². The maximum atomic E-state index is 13.3. The highest BCUT2D eigenvalue weighted by Crippen LogP contribution is 2.39. The Balaban J connectivity index is 1.71. The van der Waals surface area contributed by atoms with Crippen LogP contribution in [0.3, 0.4) is 0 Å². The van der Waals surface area contributed by atoms with E-state index in [1.165, 1.54) is 30.5 Å². The van der Waals surface area contributed by atoms with Gasteiger partial charge in [-0.1, -0.05) is 19.1 Å². The van der Waals surface area contributed by atoms with Crippen LogP contribution >= 0.6 is 0 Å². The summed E-state index contributed by atoms with van der Waals surface area (Å²) in [6.07, 6.45) is 0.178. The number of nitrogens with zero attached hydrogens (tertiary/aromatic N) is 3. The highest BCUT2D eigenvalue weighted by molar-refractivity contribution is 5.91. The van der Waals surface area contributed by atoms with E-state index in [0.29, 0.717) is 29.4 Å². The third kappa shape index (κ3) is 3.84. The minimum absolute atomic E-state index is 0.0903. The van der Waals surface area contributed by atoms with Crippen molar-refractivity contribution in [3.8, 4) is 6.07 Å². The molecular weight excluding hydrogens is 421 g/mol. The first-order valence-electron chi connectivity index (χ1n) is 10.5. The van der Waals surface area contributed by atoms with Gasteiger partial charge < -0.3 is 15.6 Å². The predicted octanol–water partition coefficient (Wildman–Crippen LogP) is 4.47. The molecule has 3 aromatic rings. The number of fused-ring (bicyclic) bond motifs is 1. The van der Waals surface area contributed by atoms with Gasteiger partial charge in [-0.15, -0.1) is 0 Å². The number of halogens is 3. The van der Waals surface area contributed by atoms with Gasteiger partial charge in [0.15, 0.2) is 5.82 Å². The summed E-state index contributed by atoms with van der Waals surface area (Å²) in [5, 5.41) is 20.2. The van der Waals surface area contributed by atoms with Crippen molar-refractivity contribution in [1.82, 2.24) is 20.1 Å². The van der Waals surface area contributed by atoms with Crippen LogP contribution < -0.4 is 16.2 Å². The van der Waals surface area contributed by atoms with Crippen molar-refractivity contribution in [2.45, 2.75) is 50.4 Å². The molecule has 0 aliphatic heterocycles. The number of benzene rings is 1. The number of anilines is 2. The number of hydrogen-bond acceptors (Lipinski definition) is 5. The average Bonchev–Trinajstić information content (AvgIpc) is 3.38. The van der Waals surface area contributed by atoms with Crippen molar-refractivity contribution < 1.29 is 13.2 Å². The molecule has 168 valence electrons. The van der Waals surface area contributed by atoms with Gasteiger partial charge in [-0.2, -0.15) is 23.5 Å². The van der Waals surface area contributed by atoms with Crippen molar-refractivity contribution in [2.24, 2.45) is 0 Å². The molecule has 1 unspecified atom stereocenters. The first-order valence-corrected chi connectivity index (χ1v) is 10.5. The Bertz CT molecular complexity index is 1200. The van der Waals surface area contributed by atoms with Crippen LogP contribution in [0, 0.1) is 11.3 Å². The van der Waals surface area contributed by atoms with E-state index in [1.807, 2.05) is 0 Å². The summed E-state index contributed by atoms with van der Waals surface area (Å²) >= 11 is 0. The molecule has 1 aliphatic rings. The van der Waals surface area contributed by atoms with Gasteiger partial charge in [0.2, 0.25) is 0 Å². The molecule has 1 atom stereocenters. The van der Waals surface area contributed by atoms with E-state index < -0.39 is 17.8 Å². The maximum absolute atomic E-state index is 13.3. The highest BCUT2D eigenvalue weighted by Gasteiger charge is 2.40. The van der Waals surface area contributed by atoms with Crippen LogP contribution in [0.15, 0.2) is 41.3 Å². The summed E-state index contributed by atoms with van der Waals surface area (Å²) in [6, 6.07) is 8.13. The van der Waals surface area contributed by atoms with Crippen molar-refractivity contribution in [1.29, 1.82) is 5.26 Å². The molecule has 2 heterocycles. The normalized spacial score (nSPS) is 16.7. The lowest BCUT2D eigenvalue weighted by Crippen LogP contribution is -2.33. The Kier molecular flexibility index (Phi) is 5.69. The summed E-state index contributed by atoms with van der Waals surface area (Å²) in [6.45, 7) is 1.79. The van der Waals surface area contributed by atoms with Crippen LogP contribution in [0.5, 0.6) is 0 Å². The molecule has 0 amide bonds. The Morgan fingerprint density at radius 3 is 2.53 bits per heavy atom. The number of nitriles is 1. The second kappa shape index (κ2) is 8.31. The van der Waals surface area contributed by atoms with Crippen LogP contribution in [-0.2, 0) is 5.54 Å². The van der Waals surface area contributed by atoms with Gasteiger partial charge in [0, 0.05) is 11.9 Å². The van der Waals surface area contributed by atoms with E-state index in [2.05, 4.69) is 26.8 Å². The van der Waals surface area contributed by atoms with E-state index in [-0.39, 0.29) is 23.5 Å². The first kappa shape index (κ1) is 21.9. The summed E-state index contributed by atoms with van der Waals surface area (Å²) in [7, 11) is 0. The summed E-state index contributed by atoms with van der Waals surface area (Å²) in [5.74, 6) is 0.259. The molecule has 0 spiro atoms. The minimum Gasteiger partial charge on any atom is -0.338 e. The molecule has 0 radical (unpaired) electrons. The molecule has 1 fully saturated rings. The molecule has 1 aliphatic carbocycles. The predicted molar refractivity (Wildman–Crippen MR) is 115 cm³/mol. The molecule has 1 aromatic carbocycles. The standard InChI is InChI=1S/C22H23F3N6O/c1-2-27-18(22(23,24)25)14-5-7-15(8-6-14)29-19-17-16(9-12-28-20(17)32)31(30-19)21(13-26)10-3-4-11-21/h5-9,12,18,27H,2-4,10-11H2,1H3,(H,28,32)(H,29,30). The topological polar surface area (TPSA) is 98.5 Å². The number of aromatic amines is 1. The molecule has 32 heavy (non-hydrogen) atoms. The zero-order valence-electron chi connectivity index (χ0n) is 17.5. The highest BCUT2D eigenvalue weighted by atomic mass is 19.4. The third-order valence-corrected chi connectivity index (χ3v) is 5.89. The van der Waals surface area contributed by atoms with E-state index in [4.69, 9.17) is 0 Å². The number of aromatic nitrogens is 3. The lowest BCUT2D eigenvalue weighted by Gasteiger charge is -2.22. The van der Waals surface area contributed by atoms with Crippen molar-refractivity contribution in [3.05, 3.63) is 52.4 Å². The van der Waals surface area contributed by atoms with Gasteiger partial charge in [-0.05, 0) is 56.0 Å². The van der Waals surface area contributed by atoms with Crippen LogP contribution in [0.1, 0.15) is 44.2 Å². The van der Waals surface area contributed by atoms with E-state index in [9.17, 15) is 23.2 Å². The molecule has 2 aromatic heterocycles. The maximum Gasteiger partial charge on any atom is 0.407 e. The third-order valence-electron chi connectivity index (χ3n) is 5.89. The summed E-state index contributed by atoms with van der Waals surface area (Å²) < 4.78 is 41.6. The fourth-order valence-electron chi connectivity index (χ4n) is 4.34. The van der Waals surface area contributed by atoms with E-state index in [1.54, 1.807) is 17.7 Å². The van der Waals surface area contributed by atoms with Crippen molar-refractivity contribution in [2.75, 3.05) is 11.9 Å². The number of rotatable bonds is 6. The van der Waals surface area contributed by atoms with Crippen LogP contribution in [0.2, 0.25) is 0 Å². The number of alkyl halides is 3. The SMILES string of the molecule is CCNC(c1ccc(Nc2nn(C3(C#N)CCCC3)c3cc[nH]c(=O)c23)cc1)C(F)(F)F. The second-order valence-corrected chi connectivity index (χ2v) is 7.96. The van der Waals surface area contributed by atoms with Crippen molar-refractivity contribution >= 4 is 22.4 Å². The largest absolute Gasteiger partial charge is 0.407 e. The van der Waals surface area contributed by atoms with E-state index >= 15 is 0 Å². The quantitative estimate of drug-likeness (QED) is 0.521. The fraction of sp³-hybridized carbons (Fsp3) is 0.409. The van der Waals surface area contributed by atoms with Crippen LogP contribution in [0.4, 0.5) is 24.7 Å². The van der Waals surface area contributed by atoms with Crippen LogP contribution in [-0.4, -0.2) is 27.5 Å². The lowest BCUT2D eigenvalue weighted by molar-refractivity contribution is -0.157. The molecule has 10 heteroatoms. The van der Waals surface area contributed by atoms with Gasteiger partial charge in [-0.25, -0.2) is 4.68 Å². The molecule has 7 nitrogen and oxygen atoms in total. The molecule has 0 saturated heterocycles. The number of nitrogens with one attached hydrogen (secondary N) is 3. The molecular formula is C22H23F3N6O. The second-order valence-electron chi connectivity index (χ2n) is 7.96. The molecule has 3 N–H and O–H groups in total. The zero-order valence-corrected chi connectivity index (χ0v) is 17.5.